The van der Waals surface area contributed by atoms with Gasteiger partial charge in [0.2, 0.25) is 0 Å². The fraction of sp³-hybridized carbons (Fsp3) is 0.286. The Labute approximate surface area is 130 Å². The molecule has 0 radical (unpaired) electrons. The highest BCUT2D eigenvalue weighted by atomic mass is 32.2. The third-order valence-corrected chi connectivity index (χ3v) is 5.80. The Morgan fingerprint density at radius 2 is 2.15 bits per heavy atom. The van der Waals surface area contributed by atoms with Gasteiger partial charge >= 0.3 is 0 Å². The molecule has 0 fully saturated rings. The van der Waals surface area contributed by atoms with Crippen molar-refractivity contribution >= 4 is 50.3 Å². The number of hydrogen-bond donors (Lipinski definition) is 1. The molecule has 0 saturated heterocycles. The standard InChI is InChI=1S/C14H15N3S3/c1-8(12-7-19-9(2)16-12)15-10-4-5-11-13(6-10)20-14(17-11)18-3/h4-8,15H,1-3H3. The van der Waals surface area contributed by atoms with Crippen molar-refractivity contribution in [1.82, 2.24) is 9.97 Å². The Morgan fingerprint density at radius 3 is 2.85 bits per heavy atom. The quantitative estimate of drug-likeness (QED) is 0.690. The molecular formula is C14H15N3S3. The molecule has 1 unspecified atom stereocenters. The van der Waals surface area contributed by atoms with E-state index in [4.69, 9.17) is 0 Å². The van der Waals surface area contributed by atoms with E-state index in [0.29, 0.717) is 0 Å². The van der Waals surface area contributed by atoms with Gasteiger partial charge in [-0.05, 0) is 38.3 Å². The number of anilines is 1. The Balaban J connectivity index is 1.83. The molecule has 0 aliphatic carbocycles. The molecule has 6 heteroatoms. The van der Waals surface area contributed by atoms with E-state index in [1.54, 1.807) is 34.4 Å². The first-order valence-corrected chi connectivity index (χ1v) is 9.21. The van der Waals surface area contributed by atoms with Gasteiger partial charge < -0.3 is 5.32 Å². The number of rotatable bonds is 4. The number of nitrogens with one attached hydrogen (secondary N) is 1. The third kappa shape index (κ3) is 2.82. The van der Waals surface area contributed by atoms with Gasteiger partial charge in [0.1, 0.15) is 0 Å². The van der Waals surface area contributed by atoms with E-state index in [0.717, 1.165) is 26.2 Å². The predicted molar refractivity (Wildman–Crippen MR) is 90.3 cm³/mol. The largest absolute Gasteiger partial charge is 0.377 e. The van der Waals surface area contributed by atoms with Gasteiger partial charge in [0.15, 0.2) is 4.34 Å². The van der Waals surface area contributed by atoms with Crippen LogP contribution >= 0.6 is 34.4 Å². The van der Waals surface area contributed by atoms with Crippen LogP contribution in [0.15, 0.2) is 27.9 Å². The average Bonchev–Trinajstić information content (AvgIpc) is 3.03. The second-order valence-corrected chi connectivity index (χ2v) is 7.67. The predicted octanol–water partition coefficient (Wildman–Crippen LogP) is 4.96. The second kappa shape index (κ2) is 5.71. The second-order valence-electron chi connectivity index (χ2n) is 4.52. The minimum atomic E-state index is 0.213. The van der Waals surface area contributed by atoms with E-state index in [1.807, 2.05) is 6.92 Å². The van der Waals surface area contributed by atoms with Gasteiger partial charge in [0, 0.05) is 11.1 Å². The molecule has 20 heavy (non-hydrogen) atoms. The van der Waals surface area contributed by atoms with Crippen LogP contribution in [-0.2, 0) is 0 Å². The number of benzene rings is 1. The summed E-state index contributed by atoms with van der Waals surface area (Å²) in [5.41, 5.74) is 3.29. The maximum atomic E-state index is 4.56. The average molecular weight is 321 g/mol. The first-order chi connectivity index (χ1) is 9.65. The fourth-order valence-corrected chi connectivity index (χ4v) is 4.22. The summed E-state index contributed by atoms with van der Waals surface area (Å²) in [4.78, 5) is 9.09. The van der Waals surface area contributed by atoms with Crippen LogP contribution in [0.5, 0.6) is 0 Å². The summed E-state index contributed by atoms with van der Waals surface area (Å²) in [6, 6.07) is 6.54. The highest BCUT2D eigenvalue weighted by Crippen LogP contribution is 2.31. The Kier molecular flexibility index (Phi) is 3.96. The van der Waals surface area contributed by atoms with Crippen molar-refractivity contribution in [3.05, 3.63) is 34.3 Å². The minimum absolute atomic E-state index is 0.213. The van der Waals surface area contributed by atoms with Gasteiger partial charge in [-0.1, -0.05) is 11.8 Å². The lowest BCUT2D eigenvalue weighted by atomic mass is 10.2. The van der Waals surface area contributed by atoms with Crippen LogP contribution in [0.25, 0.3) is 10.2 Å². The summed E-state index contributed by atoms with van der Waals surface area (Å²) in [7, 11) is 0. The lowest BCUT2D eigenvalue weighted by Gasteiger charge is -2.12. The van der Waals surface area contributed by atoms with E-state index in [-0.39, 0.29) is 6.04 Å². The number of thioether (sulfide) groups is 1. The number of hydrogen-bond acceptors (Lipinski definition) is 6. The highest BCUT2D eigenvalue weighted by molar-refractivity contribution is 8.00. The third-order valence-electron chi connectivity index (χ3n) is 3.01. The van der Waals surface area contributed by atoms with Gasteiger partial charge in [-0.25, -0.2) is 9.97 Å². The van der Waals surface area contributed by atoms with Crippen LogP contribution in [0.3, 0.4) is 0 Å². The van der Waals surface area contributed by atoms with Crippen molar-refractivity contribution in [2.45, 2.75) is 24.2 Å². The lowest BCUT2D eigenvalue weighted by Crippen LogP contribution is -2.06. The summed E-state index contributed by atoms with van der Waals surface area (Å²) < 4.78 is 2.33. The summed E-state index contributed by atoms with van der Waals surface area (Å²) in [5.74, 6) is 0. The molecule has 2 aromatic heterocycles. The SMILES string of the molecule is CSc1nc2ccc(NC(C)c3csc(C)n3)cc2s1. The first-order valence-electron chi connectivity index (χ1n) is 6.29. The van der Waals surface area contributed by atoms with E-state index >= 15 is 0 Å². The molecule has 0 aliphatic rings. The minimum Gasteiger partial charge on any atom is -0.377 e. The maximum absolute atomic E-state index is 4.56. The van der Waals surface area contributed by atoms with Crippen LogP contribution < -0.4 is 5.32 Å². The molecule has 0 aliphatic heterocycles. The topological polar surface area (TPSA) is 37.8 Å². The smallest absolute Gasteiger partial charge is 0.150 e. The van der Waals surface area contributed by atoms with Crippen molar-refractivity contribution in [2.24, 2.45) is 0 Å². The van der Waals surface area contributed by atoms with Crippen LogP contribution in [0.1, 0.15) is 23.7 Å². The van der Waals surface area contributed by atoms with Crippen LogP contribution in [0.2, 0.25) is 0 Å². The van der Waals surface area contributed by atoms with Crippen molar-refractivity contribution < 1.29 is 0 Å². The zero-order valence-corrected chi connectivity index (χ0v) is 14.0. The number of fused-ring (bicyclic) bond motifs is 1. The summed E-state index contributed by atoms with van der Waals surface area (Å²) in [5, 5.41) is 6.73. The summed E-state index contributed by atoms with van der Waals surface area (Å²) in [6.07, 6.45) is 2.06. The molecule has 2 heterocycles. The van der Waals surface area contributed by atoms with Gasteiger partial charge in [-0.2, -0.15) is 0 Å². The molecule has 3 aromatic rings. The molecule has 1 aromatic carbocycles. The van der Waals surface area contributed by atoms with Gasteiger partial charge in [0.25, 0.3) is 0 Å². The lowest BCUT2D eigenvalue weighted by molar-refractivity contribution is 0.846. The molecule has 1 atom stereocenters. The van der Waals surface area contributed by atoms with E-state index in [1.165, 1.54) is 4.70 Å². The molecule has 0 spiro atoms. The first kappa shape index (κ1) is 13.9. The van der Waals surface area contributed by atoms with Crippen molar-refractivity contribution in [3.8, 4) is 0 Å². The molecule has 0 saturated carbocycles. The van der Waals surface area contributed by atoms with Gasteiger partial charge in [-0.15, -0.1) is 22.7 Å². The van der Waals surface area contributed by atoms with Crippen molar-refractivity contribution in [1.29, 1.82) is 0 Å². The van der Waals surface area contributed by atoms with Crippen LogP contribution in [-0.4, -0.2) is 16.2 Å². The van der Waals surface area contributed by atoms with Crippen molar-refractivity contribution in [2.75, 3.05) is 11.6 Å². The van der Waals surface area contributed by atoms with Gasteiger partial charge in [0.05, 0.1) is 27.0 Å². The highest BCUT2D eigenvalue weighted by Gasteiger charge is 2.10. The Hall–Kier alpha value is -1.11. The zero-order chi connectivity index (χ0) is 14.1. The Morgan fingerprint density at radius 1 is 1.30 bits per heavy atom. The monoisotopic (exact) mass is 321 g/mol. The van der Waals surface area contributed by atoms with E-state index in [2.05, 4.69) is 52.0 Å². The molecule has 3 rings (SSSR count). The number of aromatic nitrogens is 2. The van der Waals surface area contributed by atoms with Crippen molar-refractivity contribution in [3.63, 3.8) is 0 Å². The number of thiazole rings is 2. The Bertz CT molecular complexity index is 732. The molecular weight excluding hydrogens is 306 g/mol. The van der Waals surface area contributed by atoms with Crippen LogP contribution in [0, 0.1) is 6.92 Å². The molecule has 1 N–H and O–H groups in total. The van der Waals surface area contributed by atoms with E-state index < -0.39 is 0 Å². The summed E-state index contributed by atoms with van der Waals surface area (Å²) >= 11 is 5.12. The molecule has 0 amide bonds. The molecule has 104 valence electrons. The number of nitrogens with zero attached hydrogens (tertiary/aromatic N) is 2. The molecule has 0 bridgehead atoms. The van der Waals surface area contributed by atoms with Gasteiger partial charge in [-0.3, -0.25) is 0 Å². The van der Waals surface area contributed by atoms with Crippen LogP contribution in [0.4, 0.5) is 5.69 Å². The number of aryl methyl sites for hydroxylation is 1. The fourth-order valence-electron chi connectivity index (χ4n) is 1.98. The molecule has 3 nitrogen and oxygen atoms in total. The maximum Gasteiger partial charge on any atom is 0.150 e. The zero-order valence-electron chi connectivity index (χ0n) is 11.5. The summed E-state index contributed by atoms with van der Waals surface area (Å²) in [6.45, 7) is 4.17. The van der Waals surface area contributed by atoms with E-state index in [9.17, 15) is 0 Å². The normalized spacial score (nSPS) is 12.8.